The van der Waals surface area contributed by atoms with Crippen LogP contribution in [0.25, 0.3) is 0 Å². The molecule has 0 aromatic carbocycles. The average Bonchev–Trinajstić information content (AvgIpc) is 2.11. The van der Waals surface area contributed by atoms with Gasteiger partial charge in [-0.2, -0.15) is 0 Å². The first-order valence-corrected chi connectivity index (χ1v) is 5.60. The van der Waals surface area contributed by atoms with Gasteiger partial charge in [0.05, 0.1) is 11.7 Å². The monoisotopic (exact) mass is 202 g/mol. The van der Waals surface area contributed by atoms with Gasteiger partial charge in [-0.25, -0.2) is 0 Å². The first-order valence-electron chi connectivity index (χ1n) is 5.60. The van der Waals surface area contributed by atoms with Crippen molar-refractivity contribution in [2.75, 3.05) is 7.11 Å². The van der Waals surface area contributed by atoms with Crippen molar-refractivity contribution in [1.82, 2.24) is 0 Å². The van der Waals surface area contributed by atoms with Crippen LogP contribution in [0.2, 0.25) is 0 Å². The van der Waals surface area contributed by atoms with Gasteiger partial charge in [-0.15, -0.1) is 0 Å². The molecule has 0 radical (unpaired) electrons. The van der Waals surface area contributed by atoms with Crippen molar-refractivity contribution < 1.29 is 9.84 Å². The summed E-state index contributed by atoms with van der Waals surface area (Å²) in [7, 11) is 1.72. The van der Waals surface area contributed by atoms with Gasteiger partial charge >= 0.3 is 0 Å². The molecule has 0 fully saturated rings. The van der Waals surface area contributed by atoms with E-state index in [1.54, 1.807) is 7.11 Å². The minimum atomic E-state index is -0.160. The molecule has 0 heterocycles. The van der Waals surface area contributed by atoms with Crippen molar-refractivity contribution in [2.45, 2.75) is 65.1 Å². The summed E-state index contributed by atoms with van der Waals surface area (Å²) in [6.45, 7) is 8.49. The third-order valence-electron chi connectivity index (χ3n) is 2.71. The topological polar surface area (TPSA) is 29.5 Å². The predicted molar refractivity (Wildman–Crippen MR) is 60.4 cm³/mol. The van der Waals surface area contributed by atoms with Crippen molar-refractivity contribution in [2.24, 2.45) is 5.92 Å². The van der Waals surface area contributed by atoms with E-state index in [1.807, 2.05) is 0 Å². The first-order chi connectivity index (χ1) is 6.37. The summed E-state index contributed by atoms with van der Waals surface area (Å²) in [6, 6.07) is 0. The first kappa shape index (κ1) is 13.9. The van der Waals surface area contributed by atoms with Crippen LogP contribution in [0.3, 0.4) is 0 Å². The van der Waals surface area contributed by atoms with E-state index in [4.69, 9.17) is 4.74 Å². The summed E-state index contributed by atoms with van der Waals surface area (Å²) in [4.78, 5) is 0. The third kappa shape index (κ3) is 7.34. The molecule has 1 N–H and O–H groups in total. The Morgan fingerprint density at radius 2 is 1.71 bits per heavy atom. The summed E-state index contributed by atoms with van der Waals surface area (Å²) in [5, 5.41) is 9.70. The highest BCUT2D eigenvalue weighted by molar-refractivity contribution is 4.70. The van der Waals surface area contributed by atoms with Gasteiger partial charge in [0.2, 0.25) is 0 Å². The maximum absolute atomic E-state index is 9.70. The molecular formula is C12H26O2. The molecule has 86 valence electrons. The lowest BCUT2D eigenvalue weighted by molar-refractivity contribution is 0.00183. The number of ether oxygens (including phenoxy) is 1. The molecule has 0 saturated carbocycles. The number of methoxy groups -OCH3 is 1. The van der Waals surface area contributed by atoms with Gasteiger partial charge in [0.1, 0.15) is 0 Å². The number of aliphatic hydroxyl groups excluding tert-OH is 1. The Hall–Kier alpha value is -0.0800. The van der Waals surface area contributed by atoms with Gasteiger partial charge < -0.3 is 9.84 Å². The van der Waals surface area contributed by atoms with Gasteiger partial charge in [0.25, 0.3) is 0 Å². The molecule has 0 aromatic heterocycles. The lowest BCUT2D eigenvalue weighted by Crippen LogP contribution is -2.24. The molecule has 0 aromatic rings. The zero-order valence-electron chi connectivity index (χ0n) is 10.3. The Balaban J connectivity index is 3.58. The number of rotatable bonds is 7. The molecule has 0 amide bonds. The van der Waals surface area contributed by atoms with Crippen molar-refractivity contribution >= 4 is 0 Å². The maximum atomic E-state index is 9.70. The fraction of sp³-hybridized carbons (Fsp3) is 1.00. The van der Waals surface area contributed by atoms with E-state index in [0.717, 1.165) is 25.7 Å². The van der Waals surface area contributed by atoms with E-state index in [-0.39, 0.29) is 11.7 Å². The van der Waals surface area contributed by atoms with E-state index in [0.29, 0.717) is 5.92 Å². The largest absolute Gasteiger partial charge is 0.393 e. The third-order valence-corrected chi connectivity index (χ3v) is 2.71. The zero-order chi connectivity index (χ0) is 11.2. The van der Waals surface area contributed by atoms with E-state index < -0.39 is 0 Å². The van der Waals surface area contributed by atoms with E-state index in [1.165, 1.54) is 0 Å². The Morgan fingerprint density at radius 1 is 1.14 bits per heavy atom. The second-order valence-electron chi connectivity index (χ2n) is 5.13. The number of hydrogen-bond donors (Lipinski definition) is 1. The van der Waals surface area contributed by atoms with Crippen LogP contribution >= 0.6 is 0 Å². The van der Waals surface area contributed by atoms with Crippen LogP contribution in [0.5, 0.6) is 0 Å². The van der Waals surface area contributed by atoms with E-state index in [9.17, 15) is 5.11 Å². The highest BCUT2D eigenvalue weighted by Crippen LogP contribution is 2.19. The van der Waals surface area contributed by atoms with Gasteiger partial charge in [-0.05, 0) is 45.4 Å². The van der Waals surface area contributed by atoms with Crippen molar-refractivity contribution in [3.8, 4) is 0 Å². The standard InChI is InChI=1S/C12H26O2/c1-10(2)6-7-11(13)8-9-12(3,4)14-5/h10-11,13H,6-9H2,1-5H3. The van der Waals surface area contributed by atoms with Gasteiger partial charge in [-0.3, -0.25) is 0 Å². The molecule has 0 aliphatic rings. The molecule has 0 bridgehead atoms. The maximum Gasteiger partial charge on any atom is 0.0623 e. The number of hydrogen-bond acceptors (Lipinski definition) is 2. The lowest BCUT2D eigenvalue weighted by atomic mass is 9.96. The Labute approximate surface area is 88.7 Å². The fourth-order valence-corrected chi connectivity index (χ4v) is 1.29. The Bertz CT molecular complexity index is 141. The van der Waals surface area contributed by atoms with Crippen LogP contribution in [-0.2, 0) is 4.74 Å². The quantitative estimate of drug-likeness (QED) is 0.687. The molecular weight excluding hydrogens is 176 g/mol. The highest BCUT2D eigenvalue weighted by Gasteiger charge is 2.18. The second kappa shape index (κ2) is 6.41. The Kier molecular flexibility index (Phi) is 6.38. The van der Waals surface area contributed by atoms with Crippen LogP contribution < -0.4 is 0 Å². The van der Waals surface area contributed by atoms with Crippen molar-refractivity contribution in [3.63, 3.8) is 0 Å². The molecule has 14 heavy (non-hydrogen) atoms. The molecule has 0 saturated heterocycles. The molecule has 2 nitrogen and oxygen atoms in total. The van der Waals surface area contributed by atoms with E-state index >= 15 is 0 Å². The zero-order valence-corrected chi connectivity index (χ0v) is 10.3. The minimum Gasteiger partial charge on any atom is -0.393 e. The fourth-order valence-electron chi connectivity index (χ4n) is 1.29. The van der Waals surface area contributed by atoms with E-state index in [2.05, 4.69) is 27.7 Å². The molecule has 1 unspecified atom stereocenters. The average molecular weight is 202 g/mol. The van der Waals surface area contributed by atoms with Crippen LogP contribution in [0, 0.1) is 5.92 Å². The minimum absolute atomic E-state index is 0.0984. The van der Waals surface area contributed by atoms with Crippen LogP contribution in [0.1, 0.15) is 53.4 Å². The van der Waals surface area contributed by atoms with Gasteiger partial charge in [-0.1, -0.05) is 13.8 Å². The molecule has 0 aliphatic heterocycles. The summed E-state index contributed by atoms with van der Waals surface area (Å²) >= 11 is 0. The Morgan fingerprint density at radius 3 is 2.14 bits per heavy atom. The molecule has 2 heteroatoms. The molecule has 0 rings (SSSR count). The summed E-state index contributed by atoms with van der Waals surface area (Å²) in [5.74, 6) is 0.681. The SMILES string of the molecule is COC(C)(C)CCC(O)CCC(C)C. The molecule has 1 atom stereocenters. The molecule has 0 spiro atoms. The second-order valence-corrected chi connectivity index (χ2v) is 5.13. The van der Waals surface area contributed by atoms with Crippen molar-refractivity contribution in [3.05, 3.63) is 0 Å². The van der Waals surface area contributed by atoms with Crippen LogP contribution in [-0.4, -0.2) is 23.9 Å². The number of aliphatic hydroxyl groups is 1. The summed E-state index contributed by atoms with van der Waals surface area (Å²) < 4.78 is 5.30. The van der Waals surface area contributed by atoms with Gasteiger partial charge in [0.15, 0.2) is 0 Å². The van der Waals surface area contributed by atoms with Crippen LogP contribution in [0.15, 0.2) is 0 Å². The highest BCUT2D eigenvalue weighted by atomic mass is 16.5. The normalized spacial score (nSPS) is 14.8. The lowest BCUT2D eigenvalue weighted by Gasteiger charge is -2.24. The summed E-state index contributed by atoms with van der Waals surface area (Å²) in [5.41, 5.74) is -0.0984. The summed E-state index contributed by atoms with van der Waals surface area (Å²) in [6.07, 6.45) is 3.62. The van der Waals surface area contributed by atoms with Crippen LogP contribution in [0.4, 0.5) is 0 Å². The van der Waals surface area contributed by atoms with Crippen molar-refractivity contribution in [1.29, 1.82) is 0 Å². The molecule has 0 aliphatic carbocycles. The van der Waals surface area contributed by atoms with Gasteiger partial charge in [0, 0.05) is 7.11 Å². The predicted octanol–water partition coefficient (Wildman–Crippen LogP) is 2.99. The smallest absolute Gasteiger partial charge is 0.0623 e.